The first-order valence-electron chi connectivity index (χ1n) is 7.65. The van der Waals surface area contributed by atoms with Crippen molar-refractivity contribution in [1.82, 2.24) is 0 Å². The zero-order valence-corrected chi connectivity index (χ0v) is 17.5. The van der Waals surface area contributed by atoms with E-state index in [0.29, 0.717) is 11.6 Å². The van der Waals surface area contributed by atoms with E-state index in [2.05, 4.69) is 23.7 Å². The maximum absolute atomic E-state index is 11.5. The quantitative estimate of drug-likeness (QED) is 0.337. The SMILES string of the molecule is [B]N=POC[C@H](OS(C)(=O)=O)C1COC(c2cccc(OB=NP)c2C)=N1. The molecule has 0 amide bonds. The maximum atomic E-state index is 11.5. The minimum absolute atomic E-state index is 0.0626. The summed E-state index contributed by atoms with van der Waals surface area (Å²) in [4.78, 5) is 4.47. The molecule has 1 aliphatic heterocycles. The van der Waals surface area contributed by atoms with Crippen molar-refractivity contribution in [3.8, 4) is 5.75 Å². The molecule has 3 atom stereocenters. The normalized spacial score (nSPS) is 18.3. The van der Waals surface area contributed by atoms with Crippen LogP contribution in [0.5, 0.6) is 5.75 Å². The van der Waals surface area contributed by atoms with Crippen LogP contribution in [-0.4, -0.2) is 61.2 Å². The zero-order chi connectivity index (χ0) is 19.9. The summed E-state index contributed by atoms with van der Waals surface area (Å²) in [6.07, 6.45) is 0.0972. The van der Waals surface area contributed by atoms with Crippen molar-refractivity contribution in [3.05, 3.63) is 29.3 Å². The van der Waals surface area contributed by atoms with Crippen molar-refractivity contribution in [1.29, 1.82) is 0 Å². The van der Waals surface area contributed by atoms with Crippen LogP contribution >= 0.6 is 18.0 Å². The van der Waals surface area contributed by atoms with Crippen LogP contribution in [0, 0.1) is 6.92 Å². The second-order valence-electron chi connectivity index (χ2n) is 5.45. The van der Waals surface area contributed by atoms with Gasteiger partial charge in [-0.3, -0.25) is 0 Å². The van der Waals surface area contributed by atoms with Crippen molar-refractivity contribution >= 4 is 49.3 Å². The van der Waals surface area contributed by atoms with Crippen LogP contribution in [0.25, 0.3) is 0 Å². The van der Waals surface area contributed by atoms with Gasteiger partial charge in [0, 0.05) is 0 Å². The van der Waals surface area contributed by atoms with E-state index in [4.69, 9.17) is 26.1 Å². The molecule has 0 bridgehead atoms. The molecule has 142 valence electrons. The first-order valence-corrected chi connectivity index (χ1v) is 10.7. The van der Waals surface area contributed by atoms with Gasteiger partial charge in [-0.25, -0.2) is 0 Å². The number of nitrogens with zero attached hydrogens (tertiary/aromatic N) is 3. The van der Waals surface area contributed by atoms with Crippen molar-refractivity contribution in [2.24, 2.45) is 14.3 Å². The Morgan fingerprint density at radius 2 is 2.33 bits per heavy atom. The Morgan fingerprint density at radius 1 is 1.56 bits per heavy atom. The summed E-state index contributed by atoms with van der Waals surface area (Å²) in [5, 5.41) is 0. The minimum atomic E-state index is -3.71. The molecule has 1 heterocycles. The summed E-state index contributed by atoms with van der Waals surface area (Å²) in [6.45, 7) is 1.94. The predicted octanol–water partition coefficient (Wildman–Crippen LogP) is 1.60. The Hall–Kier alpha value is -1.18. The monoisotopic (exact) mass is 427 g/mol. The van der Waals surface area contributed by atoms with E-state index < -0.39 is 22.3 Å². The van der Waals surface area contributed by atoms with Crippen LogP contribution in [0.3, 0.4) is 0 Å². The van der Waals surface area contributed by atoms with E-state index in [1.807, 2.05) is 13.0 Å². The summed E-state index contributed by atoms with van der Waals surface area (Å²) < 4.78 is 51.4. The van der Waals surface area contributed by atoms with Crippen LogP contribution in [0.2, 0.25) is 0 Å². The number of rotatable bonds is 9. The van der Waals surface area contributed by atoms with Gasteiger partial charge in [0.2, 0.25) is 0 Å². The number of benzene rings is 1. The zero-order valence-electron chi connectivity index (χ0n) is 14.7. The molecule has 27 heavy (non-hydrogen) atoms. The Morgan fingerprint density at radius 3 is 3.00 bits per heavy atom. The molecule has 0 aromatic heterocycles. The topological polar surface area (TPSA) is 108 Å². The van der Waals surface area contributed by atoms with E-state index >= 15 is 0 Å². The molecule has 14 heteroatoms. The van der Waals surface area contributed by atoms with Gasteiger partial charge in [-0.2, -0.15) is 0 Å². The summed E-state index contributed by atoms with van der Waals surface area (Å²) in [5.74, 6) is 0.970. The summed E-state index contributed by atoms with van der Waals surface area (Å²) in [6, 6.07) is 4.84. The number of hydrogen-bond acceptors (Lipinski definition) is 9. The summed E-state index contributed by atoms with van der Waals surface area (Å²) in [5.41, 5.74) is 1.53. The van der Waals surface area contributed by atoms with Crippen molar-refractivity contribution in [2.75, 3.05) is 19.5 Å². The average molecular weight is 427 g/mol. The molecule has 2 rings (SSSR count). The molecule has 0 N–H and O–H groups in total. The Kier molecular flexibility index (Phi) is 8.51. The molecule has 1 aromatic carbocycles. The van der Waals surface area contributed by atoms with E-state index in [1.54, 1.807) is 12.1 Å². The van der Waals surface area contributed by atoms with Crippen LogP contribution < -0.4 is 4.65 Å². The standard InChI is InChI=1S/C13H17B2N3O6P2S/c1-8-9(4-3-5-11(8)23-15-18-25)13-16-10(6-21-13)12(7-22-26-17-14)24-27(2,19)20/h3-5,10,12H,6-7,25H2,1-2H3/t10?,12-/m0/s1. The fourth-order valence-corrected chi connectivity index (χ4v) is 3.33. The number of aliphatic imine (C=N–C) groups is 1. The molecule has 0 aliphatic carbocycles. The second-order valence-corrected chi connectivity index (χ2v) is 8.00. The molecule has 0 saturated carbocycles. The van der Waals surface area contributed by atoms with Crippen LogP contribution in [0.4, 0.5) is 0 Å². The predicted molar refractivity (Wildman–Crippen MR) is 107 cm³/mol. The van der Waals surface area contributed by atoms with Gasteiger partial charge < -0.3 is 0 Å². The van der Waals surface area contributed by atoms with Gasteiger partial charge in [0.15, 0.2) is 0 Å². The van der Waals surface area contributed by atoms with E-state index in [0.717, 1.165) is 17.4 Å². The van der Waals surface area contributed by atoms with Gasteiger partial charge in [-0.15, -0.1) is 0 Å². The van der Waals surface area contributed by atoms with Gasteiger partial charge in [0.1, 0.15) is 0 Å². The van der Waals surface area contributed by atoms with Crippen molar-refractivity contribution in [3.63, 3.8) is 0 Å². The van der Waals surface area contributed by atoms with E-state index in [9.17, 15) is 8.42 Å². The fraction of sp³-hybridized carbons (Fsp3) is 0.462. The van der Waals surface area contributed by atoms with Gasteiger partial charge in [-0.1, -0.05) is 0 Å². The third-order valence-electron chi connectivity index (χ3n) is 3.50. The molecule has 0 spiro atoms. The fourth-order valence-electron chi connectivity index (χ4n) is 2.36. The van der Waals surface area contributed by atoms with Crippen LogP contribution in [-0.2, 0) is 23.6 Å². The average Bonchev–Trinajstić information content (AvgIpc) is 3.09. The van der Waals surface area contributed by atoms with E-state index in [-0.39, 0.29) is 21.8 Å². The molecule has 2 unspecified atom stereocenters. The number of ether oxygens (including phenoxy) is 1. The third-order valence-corrected chi connectivity index (χ3v) is 4.58. The Balaban J connectivity index is 2.24. The Bertz CT molecular complexity index is 852. The first kappa shape index (κ1) is 22.1. The Labute approximate surface area is 164 Å². The first-order chi connectivity index (χ1) is 12.9. The van der Waals surface area contributed by atoms with Gasteiger partial charge in [0.25, 0.3) is 7.98 Å². The molecule has 1 aliphatic rings. The van der Waals surface area contributed by atoms with E-state index in [1.165, 1.54) is 7.27 Å². The van der Waals surface area contributed by atoms with Gasteiger partial charge in [-0.05, 0) is 0 Å². The molecule has 2 radical (unpaired) electrons. The molecule has 9 nitrogen and oxygen atoms in total. The van der Waals surface area contributed by atoms with Crippen LogP contribution in [0.1, 0.15) is 11.1 Å². The third kappa shape index (κ3) is 6.73. The van der Waals surface area contributed by atoms with Crippen LogP contribution in [0.15, 0.2) is 32.5 Å². The van der Waals surface area contributed by atoms with Crippen molar-refractivity contribution in [2.45, 2.75) is 19.1 Å². The number of hydrogen-bond donors (Lipinski definition) is 0. The molecule has 1 aromatic rings. The molecular weight excluding hydrogens is 410 g/mol. The van der Waals surface area contributed by atoms with Gasteiger partial charge >= 0.3 is 156 Å². The molecule has 0 fully saturated rings. The van der Waals surface area contributed by atoms with Crippen molar-refractivity contribution < 1.29 is 26.5 Å². The van der Waals surface area contributed by atoms with Gasteiger partial charge in [0.05, 0.1) is 0 Å². The molecular formula is C13H17B2N3O6P2S. The molecule has 0 saturated heterocycles. The summed E-state index contributed by atoms with van der Waals surface area (Å²) in [7, 11) is 4.94. The second kappa shape index (κ2) is 10.4. The summed E-state index contributed by atoms with van der Waals surface area (Å²) >= 11 is 0.